The van der Waals surface area contributed by atoms with Gasteiger partial charge in [0.05, 0.1) is 19.1 Å². The Labute approximate surface area is 131 Å². The van der Waals surface area contributed by atoms with Crippen LogP contribution in [0.15, 0.2) is 24.3 Å². The third-order valence-corrected chi connectivity index (χ3v) is 4.02. The SMILES string of the molecule is COCC(C)NC(=O)CC1c2ccccc2CCN1C(C)=O. The standard InChI is InChI=1S/C17H24N2O3/c1-12(11-22-3)18-17(21)10-16-15-7-5-4-6-14(15)8-9-19(16)13(2)20/h4-7,12,16H,8-11H2,1-3H3,(H,18,21). The van der Waals surface area contributed by atoms with E-state index >= 15 is 0 Å². The first kappa shape index (κ1) is 16.5. The summed E-state index contributed by atoms with van der Waals surface area (Å²) in [6.45, 7) is 4.60. The molecule has 1 aliphatic heterocycles. The van der Waals surface area contributed by atoms with Crippen molar-refractivity contribution in [2.75, 3.05) is 20.3 Å². The molecule has 0 aliphatic carbocycles. The Morgan fingerprint density at radius 2 is 2.14 bits per heavy atom. The summed E-state index contributed by atoms with van der Waals surface area (Å²) in [6.07, 6.45) is 1.12. The fourth-order valence-corrected chi connectivity index (χ4v) is 3.05. The van der Waals surface area contributed by atoms with Crippen LogP contribution in [0.3, 0.4) is 0 Å². The lowest BCUT2D eigenvalue weighted by molar-refractivity contribution is -0.133. The molecule has 2 unspecified atom stereocenters. The average molecular weight is 304 g/mol. The van der Waals surface area contributed by atoms with Crippen molar-refractivity contribution < 1.29 is 14.3 Å². The molecule has 0 spiro atoms. The van der Waals surface area contributed by atoms with E-state index in [9.17, 15) is 9.59 Å². The first-order valence-corrected chi connectivity index (χ1v) is 7.66. The normalized spacial score (nSPS) is 18.5. The molecule has 1 heterocycles. The van der Waals surface area contributed by atoms with Gasteiger partial charge in [-0.2, -0.15) is 0 Å². The molecule has 5 nitrogen and oxygen atoms in total. The van der Waals surface area contributed by atoms with E-state index in [1.807, 2.05) is 25.1 Å². The molecule has 22 heavy (non-hydrogen) atoms. The van der Waals surface area contributed by atoms with Crippen LogP contribution in [0.4, 0.5) is 0 Å². The number of nitrogens with one attached hydrogen (secondary N) is 1. The number of fused-ring (bicyclic) bond motifs is 1. The van der Waals surface area contributed by atoms with Crippen molar-refractivity contribution in [3.05, 3.63) is 35.4 Å². The molecule has 0 fully saturated rings. The molecule has 5 heteroatoms. The average Bonchev–Trinajstić information content (AvgIpc) is 2.47. The van der Waals surface area contributed by atoms with E-state index in [2.05, 4.69) is 11.4 Å². The number of benzene rings is 1. The molecule has 1 aromatic carbocycles. The lowest BCUT2D eigenvalue weighted by atomic mass is 9.90. The zero-order chi connectivity index (χ0) is 16.1. The first-order valence-electron chi connectivity index (χ1n) is 7.66. The van der Waals surface area contributed by atoms with Crippen LogP contribution in [0.5, 0.6) is 0 Å². The van der Waals surface area contributed by atoms with Crippen LogP contribution in [0.25, 0.3) is 0 Å². The van der Waals surface area contributed by atoms with E-state index in [0.717, 1.165) is 12.0 Å². The summed E-state index contributed by atoms with van der Waals surface area (Å²) >= 11 is 0. The van der Waals surface area contributed by atoms with E-state index in [1.54, 1.807) is 18.9 Å². The van der Waals surface area contributed by atoms with Crippen LogP contribution in [-0.4, -0.2) is 43.0 Å². The lowest BCUT2D eigenvalue weighted by Crippen LogP contribution is -2.43. The molecule has 2 atom stereocenters. The second-order valence-electron chi connectivity index (χ2n) is 5.81. The van der Waals surface area contributed by atoms with Crippen LogP contribution in [0.2, 0.25) is 0 Å². The topological polar surface area (TPSA) is 58.6 Å². The Morgan fingerprint density at radius 3 is 2.82 bits per heavy atom. The van der Waals surface area contributed by atoms with Crippen LogP contribution in [0.1, 0.15) is 37.4 Å². The predicted molar refractivity (Wildman–Crippen MR) is 84.4 cm³/mol. The summed E-state index contributed by atoms with van der Waals surface area (Å²) in [4.78, 5) is 26.0. The van der Waals surface area contributed by atoms with Crippen LogP contribution in [0, 0.1) is 0 Å². The van der Waals surface area contributed by atoms with Crippen molar-refractivity contribution in [3.63, 3.8) is 0 Å². The number of amides is 2. The van der Waals surface area contributed by atoms with Gasteiger partial charge < -0.3 is 15.0 Å². The quantitative estimate of drug-likeness (QED) is 0.900. The van der Waals surface area contributed by atoms with Gasteiger partial charge in [-0.1, -0.05) is 24.3 Å². The number of carbonyl (C=O) groups excluding carboxylic acids is 2. The van der Waals surface area contributed by atoms with Gasteiger partial charge in [0.15, 0.2) is 0 Å². The molecule has 1 N–H and O–H groups in total. The summed E-state index contributed by atoms with van der Waals surface area (Å²) < 4.78 is 5.03. The number of hydrogen-bond donors (Lipinski definition) is 1. The van der Waals surface area contributed by atoms with E-state index in [0.29, 0.717) is 13.2 Å². The minimum atomic E-state index is -0.183. The largest absolute Gasteiger partial charge is 0.383 e. The molecule has 120 valence electrons. The number of carbonyl (C=O) groups is 2. The lowest BCUT2D eigenvalue weighted by Gasteiger charge is -2.36. The second kappa shape index (κ2) is 7.40. The van der Waals surface area contributed by atoms with Crippen molar-refractivity contribution in [2.24, 2.45) is 0 Å². The summed E-state index contributed by atoms with van der Waals surface area (Å²) in [5.41, 5.74) is 2.31. The highest BCUT2D eigenvalue weighted by Gasteiger charge is 2.30. The number of rotatable bonds is 5. The van der Waals surface area contributed by atoms with Crippen molar-refractivity contribution >= 4 is 11.8 Å². The Kier molecular flexibility index (Phi) is 5.55. The zero-order valence-electron chi connectivity index (χ0n) is 13.5. The third kappa shape index (κ3) is 3.85. The van der Waals surface area contributed by atoms with Gasteiger partial charge in [0.2, 0.25) is 11.8 Å². The maximum Gasteiger partial charge on any atom is 0.222 e. The molecule has 0 saturated carbocycles. The molecule has 2 rings (SSSR count). The molecule has 1 aliphatic rings. The van der Waals surface area contributed by atoms with Gasteiger partial charge in [-0.25, -0.2) is 0 Å². The highest BCUT2D eigenvalue weighted by molar-refractivity contribution is 5.79. The zero-order valence-corrected chi connectivity index (χ0v) is 13.5. The van der Waals surface area contributed by atoms with E-state index in [1.165, 1.54) is 5.56 Å². The molecular formula is C17H24N2O3. The molecule has 0 radical (unpaired) electrons. The summed E-state index contributed by atoms with van der Waals surface area (Å²) in [5.74, 6) is -0.0465. The molecule has 0 bridgehead atoms. The number of nitrogens with zero attached hydrogens (tertiary/aromatic N) is 1. The van der Waals surface area contributed by atoms with Gasteiger partial charge in [-0.05, 0) is 24.5 Å². The molecule has 0 aromatic heterocycles. The fourth-order valence-electron chi connectivity index (χ4n) is 3.05. The molecule has 0 saturated heterocycles. The number of hydrogen-bond acceptors (Lipinski definition) is 3. The Hall–Kier alpha value is -1.88. The summed E-state index contributed by atoms with van der Waals surface area (Å²) in [7, 11) is 1.61. The van der Waals surface area contributed by atoms with Gasteiger partial charge in [0, 0.05) is 26.6 Å². The predicted octanol–water partition coefficient (Wildman–Crippen LogP) is 1.67. The van der Waals surface area contributed by atoms with Crippen molar-refractivity contribution in [1.29, 1.82) is 0 Å². The first-order chi connectivity index (χ1) is 10.5. The van der Waals surface area contributed by atoms with Crippen LogP contribution >= 0.6 is 0 Å². The second-order valence-corrected chi connectivity index (χ2v) is 5.81. The summed E-state index contributed by atoms with van der Waals surface area (Å²) in [5, 5.41) is 2.92. The molecule has 2 amide bonds. The van der Waals surface area contributed by atoms with Gasteiger partial charge in [-0.3, -0.25) is 9.59 Å². The minimum Gasteiger partial charge on any atom is -0.383 e. The van der Waals surface area contributed by atoms with Gasteiger partial charge in [-0.15, -0.1) is 0 Å². The number of ether oxygens (including phenoxy) is 1. The van der Waals surface area contributed by atoms with Gasteiger partial charge in [0.25, 0.3) is 0 Å². The van der Waals surface area contributed by atoms with Crippen molar-refractivity contribution in [1.82, 2.24) is 10.2 Å². The van der Waals surface area contributed by atoms with E-state index < -0.39 is 0 Å². The number of methoxy groups -OCH3 is 1. The van der Waals surface area contributed by atoms with Gasteiger partial charge >= 0.3 is 0 Å². The maximum absolute atomic E-state index is 12.3. The van der Waals surface area contributed by atoms with Crippen LogP contribution < -0.4 is 5.32 Å². The molecular weight excluding hydrogens is 280 g/mol. The Morgan fingerprint density at radius 1 is 1.41 bits per heavy atom. The highest BCUT2D eigenvalue weighted by atomic mass is 16.5. The summed E-state index contributed by atoms with van der Waals surface area (Å²) in [6, 6.07) is 7.83. The van der Waals surface area contributed by atoms with Gasteiger partial charge in [0.1, 0.15) is 0 Å². The van der Waals surface area contributed by atoms with Crippen molar-refractivity contribution in [3.8, 4) is 0 Å². The maximum atomic E-state index is 12.3. The van der Waals surface area contributed by atoms with E-state index in [4.69, 9.17) is 4.74 Å². The highest BCUT2D eigenvalue weighted by Crippen LogP contribution is 2.32. The third-order valence-electron chi connectivity index (χ3n) is 4.02. The molecule has 1 aromatic rings. The Balaban J connectivity index is 2.14. The van der Waals surface area contributed by atoms with E-state index in [-0.39, 0.29) is 30.3 Å². The Bertz CT molecular complexity index is 544. The fraction of sp³-hybridized carbons (Fsp3) is 0.529. The van der Waals surface area contributed by atoms with Crippen molar-refractivity contribution in [2.45, 2.75) is 38.8 Å². The smallest absolute Gasteiger partial charge is 0.222 e. The van der Waals surface area contributed by atoms with Crippen LogP contribution in [-0.2, 0) is 20.7 Å². The monoisotopic (exact) mass is 304 g/mol. The minimum absolute atomic E-state index is 0.0113.